The summed E-state index contributed by atoms with van der Waals surface area (Å²) in [5.41, 5.74) is 4.13. The third kappa shape index (κ3) is 5.37. The third-order valence-electron chi connectivity index (χ3n) is 5.99. The van der Waals surface area contributed by atoms with Gasteiger partial charge in [-0.2, -0.15) is 0 Å². The van der Waals surface area contributed by atoms with Crippen molar-refractivity contribution in [3.8, 4) is 0 Å². The highest BCUT2D eigenvalue weighted by molar-refractivity contribution is 5.83. The summed E-state index contributed by atoms with van der Waals surface area (Å²) in [6.45, 7) is 19.7. The molecular weight excluding hydrogens is 374 g/mol. The molecule has 1 aromatic rings. The Bertz CT molecular complexity index is 786. The Labute approximate surface area is 182 Å². The number of rotatable bonds is 3. The first-order valence-electron chi connectivity index (χ1n) is 11.4. The van der Waals surface area contributed by atoms with Crippen molar-refractivity contribution in [2.75, 3.05) is 37.6 Å². The molecule has 1 aromatic carbocycles. The van der Waals surface area contributed by atoms with Gasteiger partial charge in [0.15, 0.2) is 0 Å². The molecule has 0 N–H and O–H groups in total. The number of piperazine rings is 1. The molecule has 0 spiro atoms. The second kappa shape index (κ2) is 9.01. The Morgan fingerprint density at radius 2 is 1.80 bits per heavy atom. The van der Waals surface area contributed by atoms with Crippen molar-refractivity contribution in [3.05, 3.63) is 35.4 Å². The van der Waals surface area contributed by atoms with Crippen LogP contribution in [0.3, 0.4) is 0 Å². The second-order valence-electron chi connectivity index (χ2n) is 10.1. The molecule has 5 nitrogen and oxygen atoms in total. The van der Waals surface area contributed by atoms with Crippen molar-refractivity contribution >= 4 is 17.5 Å². The molecule has 1 amide bonds. The molecule has 0 saturated carbocycles. The molecule has 0 aromatic heterocycles. The maximum atomic E-state index is 12.9. The van der Waals surface area contributed by atoms with Crippen LogP contribution in [0.5, 0.6) is 0 Å². The maximum absolute atomic E-state index is 12.9. The van der Waals surface area contributed by atoms with Gasteiger partial charge in [0, 0.05) is 44.5 Å². The van der Waals surface area contributed by atoms with Crippen LogP contribution in [0.4, 0.5) is 10.5 Å². The van der Waals surface area contributed by atoms with Crippen LogP contribution in [0.15, 0.2) is 24.3 Å². The van der Waals surface area contributed by atoms with Crippen LogP contribution >= 0.6 is 0 Å². The highest BCUT2D eigenvalue weighted by Crippen LogP contribution is 2.32. The molecule has 1 fully saturated rings. The second-order valence-corrected chi connectivity index (χ2v) is 10.1. The fourth-order valence-corrected chi connectivity index (χ4v) is 4.32. The van der Waals surface area contributed by atoms with Gasteiger partial charge < -0.3 is 9.64 Å². The van der Waals surface area contributed by atoms with E-state index in [0.717, 1.165) is 43.9 Å². The average Bonchev–Trinajstić information content (AvgIpc) is 2.66. The minimum atomic E-state index is -0.499. The molecule has 5 heteroatoms. The lowest BCUT2D eigenvalue weighted by molar-refractivity contribution is 0.0327. The molecule has 0 bridgehead atoms. The van der Waals surface area contributed by atoms with Gasteiger partial charge in [-0.05, 0) is 77.1 Å². The van der Waals surface area contributed by atoms with Gasteiger partial charge in [0.2, 0.25) is 0 Å². The highest BCUT2D eigenvalue weighted by atomic mass is 16.6. The molecule has 0 radical (unpaired) electrons. The van der Waals surface area contributed by atoms with E-state index < -0.39 is 5.60 Å². The maximum Gasteiger partial charge on any atom is 0.414 e. The molecule has 3 rings (SSSR count). The fourth-order valence-electron chi connectivity index (χ4n) is 4.32. The van der Waals surface area contributed by atoms with Crippen molar-refractivity contribution in [3.63, 3.8) is 0 Å². The van der Waals surface area contributed by atoms with Crippen molar-refractivity contribution in [2.45, 2.75) is 66.5 Å². The molecule has 1 saturated heterocycles. The highest BCUT2D eigenvalue weighted by Gasteiger charge is 2.29. The number of ether oxygens (including phenoxy) is 1. The van der Waals surface area contributed by atoms with Crippen LogP contribution in [0, 0.1) is 12.8 Å². The van der Waals surface area contributed by atoms with Gasteiger partial charge in [-0.15, -0.1) is 0 Å². The van der Waals surface area contributed by atoms with Gasteiger partial charge >= 0.3 is 6.09 Å². The summed E-state index contributed by atoms with van der Waals surface area (Å²) >= 11 is 0. The quantitative estimate of drug-likeness (QED) is 0.687. The number of aryl methyl sites for hydroxylation is 1. The number of amides is 1. The van der Waals surface area contributed by atoms with Gasteiger partial charge in [-0.3, -0.25) is 9.80 Å². The Morgan fingerprint density at radius 1 is 1.13 bits per heavy atom. The van der Waals surface area contributed by atoms with Gasteiger partial charge in [0.1, 0.15) is 5.60 Å². The number of hydrogen-bond acceptors (Lipinski definition) is 4. The van der Waals surface area contributed by atoms with Crippen molar-refractivity contribution in [2.24, 2.45) is 5.92 Å². The van der Waals surface area contributed by atoms with Crippen LogP contribution in [0.2, 0.25) is 0 Å². The van der Waals surface area contributed by atoms with E-state index in [1.165, 1.54) is 11.3 Å². The summed E-state index contributed by atoms with van der Waals surface area (Å²) < 4.78 is 5.69. The summed E-state index contributed by atoms with van der Waals surface area (Å²) in [7, 11) is 0. The number of benzene rings is 1. The third-order valence-corrected chi connectivity index (χ3v) is 5.99. The van der Waals surface area contributed by atoms with E-state index in [4.69, 9.17) is 4.74 Å². The van der Waals surface area contributed by atoms with Crippen molar-refractivity contribution < 1.29 is 9.53 Å². The molecule has 1 atom stereocenters. The molecule has 0 aliphatic carbocycles. The van der Waals surface area contributed by atoms with Crippen LogP contribution in [-0.4, -0.2) is 60.3 Å². The van der Waals surface area contributed by atoms with Gasteiger partial charge in [0.05, 0.1) is 5.70 Å². The van der Waals surface area contributed by atoms with E-state index in [0.29, 0.717) is 18.5 Å². The smallest absolute Gasteiger partial charge is 0.414 e. The first-order chi connectivity index (χ1) is 14.0. The normalized spacial score (nSPS) is 21.1. The van der Waals surface area contributed by atoms with Crippen molar-refractivity contribution in [1.82, 2.24) is 9.80 Å². The van der Waals surface area contributed by atoms with E-state index >= 15 is 0 Å². The van der Waals surface area contributed by atoms with Crippen LogP contribution in [0.1, 0.15) is 59.1 Å². The van der Waals surface area contributed by atoms with E-state index in [1.54, 1.807) is 0 Å². The Kier molecular flexibility index (Phi) is 6.81. The molecule has 1 unspecified atom stereocenters. The van der Waals surface area contributed by atoms with E-state index in [9.17, 15) is 4.79 Å². The lowest BCUT2D eigenvalue weighted by atomic mass is 9.97. The Balaban J connectivity index is 1.79. The van der Waals surface area contributed by atoms with E-state index in [-0.39, 0.29) is 6.09 Å². The predicted octanol–water partition coefficient (Wildman–Crippen LogP) is 5.14. The average molecular weight is 414 g/mol. The molecule has 30 heavy (non-hydrogen) atoms. The van der Waals surface area contributed by atoms with Gasteiger partial charge in [-0.1, -0.05) is 19.1 Å². The summed E-state index contributed by atoms with van der Waals surface area (Å²) in [5.74, 6) is 0.430. The summed E-state index contributed by atoms with van der Waals surface area (Å²) in [4.78, 5) is 19.7. The predicted molar refractivity (Wildman–Crippen MR) is 125 cm³/mol. The van der Waals surface area contributed by atoms with Crippen LogP contribution in [-0.2, 0) is 4.74 Å². The van der Waals surface area contributed by atoms with E-state index in [1.807, 2.05) is 25.7 Å². The minimum absolute atomic E-state index is 0.258. The number of carbonyl (C=O) groups excluding carboxylic acids is 1. The van der Waals surface area contributed by atoms with E-state index in [2.05, 4.69) is 61.8 Å². The zero-order valence-corrected chi connectivity index (χ0v) is 19.9. The van der Waals surface area contributed by atoms with Gasteiger partial charge in [-0.25, -0.2) is 4.79 Å². The first kappa shape index (κ1) is 22.7. The molecular formula is C25H39N3O2. The molecule has 2 aliphatic heterocycles. The number of carbonyl (C=O) groups is 1. The number of allylic oxidation sites excluding steroid dienone is 1. The van der Waals surface area contributed by atoms with Gasteiger partial charge in [0.25, 0.3) is 0 Å². The zero-order valence-electron chi connectivity index (χ0n) is 19.9. The number of nitrogens with zero attached hydrogens (tertiary/aromatic N) is 3. The zero-order chi connectivity index (χ0) is 22.1. The number of anilines is 1. The molecule has 166 valence electrons. The lowest BCUT2D eigenvalue weighted by Crippen LogP contribution is -2.49. The summed E-state index contributed by atoms with van der Waals surface area (Å²) in [6, 6.07) is 7.22. The topological polar surface area (TPSA) is 36.0 Å². The summed E-state index contributed by atoms with van der Waals surface area (Å²) in [6.07, 6.45) is 2.91. The van der Waals surface area contributed by atoms with Crippen LogP contribution < -0.4 is 4.90 Å². The Hall–Kier alpha value is -2.01. The standard InChI is InChI=1S/C25H39N3O2/c1-18(2)26-12-14-27(15-13-26)22-11-9-21(16-20(22)4)23-10-8-19(3)17-28(23)24(29)30-25(5,6)7/h9-11,16,18-19H,8,12-15,17H2,1-7H3. The molecule has 2 aliphatic rings. The summed E-state index contributed by atoms with van der Waals surface area (Å²) in [5, 5.41) is 0. The SMILES string of the molecule is Cc1cc(C2=CCC(C)CN2C(=O)OC(C)(C)C)ccc1N1CCN(C(C)C)CC1. The minimum Gasteiger partial charge on any atom is -0.443 e. The molecule has 2 heterocycles. The van der Waals surface area contributed by atoms with Crippen LogP contribution in [0.25, 0.3) is 5.70 Å². The largest absolute Gasteiger partial charge is 0.443 e. The van der Waals surface area contributed by atoms with Crippen molar-refractivity contribution in [1.29, 1.82) is 0 Å². The number of hydrogen-bond donors (Lipinski definition) is 0. The first-order valence-corrected chi connectivity index (χ1v) is 11.4. The Morgan fingerprint density at radius 3 is 2.37 bits per heavy atom. The fraction of sp³-hybridized carbons (Fsp3) is 0.640. The lowest BCUT2D eigenvalue weighted by Gasteiger charge is -2.39. The monoisotopic (exact) mass is 413 g/mol.